The van der Waals surface area contributed by atoms with Gasteiger partial charge in [-0.1, -0.05) is 0 Å². The average Bonchev–Trinajstić information content (AvgIpc) is 2.39. The SMILES string of the molecule is C/C(=C\[C]1[CH][CH][CH][CH]1)[N+](=O)[O-]. The molecule has 5 radical (unpaired) electrons. The van der Waals surface area contributed by atoms with Crippen LogP contribution < -0.4 is 0 Å². The van der Waals surface area contributed by atoms with Crippen molar-refractivity contribution < 1.29 is 4.92 Å². The average molecular weight is 150 g/mol. The number of nitro groups is 1. The van der Waals surface area contributed by atoms with Crippen molar-refractivity contribution >= 4 is 0 Å². The van der Waals surface area contributed by atoms with E-state index >= 15 is 0 Å². The van der Waals surface area contributed by atoms with Crippen molar-refractivity contribution in [1.82, 2.24) is 0 Å². The fraction of sp³-hybridized carbons (Fsp3) is 0.125. The molecule has 3 heteroatoms. The van der Waals surface area contributed by atoms with Gasteiger partial charge in [0, 0.05) is 12.8 Å². The van der Waals surface area contributed by atoms with Crippen LogP contribution in [0.1, 0.15) is 6.92 Å². The van der Waals surface area contributed by atoms with Crippen LogP contribution in [0.25, 0.3) is 0 Å². The van der Waals surface area contributed by atoms with E-state index in [1.165, 1.54) is 6.92 Å². The zero-order valence-corrected chi connectivity index (χ0v) is 6.15. The zero-order chi connectivity index (χ0) is 8.27. The molecule has 0 aromatic carbocycles. The van der Waals surface area contributed by atoms with E-state index in [-0.39, 0.29) is 5.70 Å². The minimum Gasteiger partial charge on any atom is -0.259 e. The predicted molar refractivity (Wildman–Crippen MR) is 41.2 cm³/mol. The Kier molecular flexibility index (Phi) is 2.63. The second-order valence-electron chi connectivity index (χ2n) is 2.26. The number of nitrogens with zero attached hydrogens (tertiary/aromatic N) is 1. The Labute approximate surface area is 66.3 Å². The molecule has 0 aromatic heterocycles. The summed E-state index contributed by atoms with van der Waals surface area (Å²) in [5.74, 6) is 0.874. The van der Waals surface area contributed by atoms with E-state index in [0.717, 1.165) is 5.92 Å². The quantitative estimate of drug-likeness (QED) is 0.443. The smallest absolute Gasteiger partial charge is 0.239 e. The zero-order valence-electron chi connectivity index (χ0n) is 6.15. The monoisotopic (exact) mass is 150 g/mol. The van der Waals surface area contributed by atoms with Crippen LogP contribution in [-0.4, -0.2) is 4.92 Å². The second kappa shape index (κ2) is 3.51. The molecular formula is C8H8NO2. The van der Waals surface area contributed by atoms with E-state index in [4.69, 9.17) is 0 Å². The summed E-state index contributed by atoms with van der Waals surface area (Å²) in [5.41, 5.74) is 0.163. The van der Waals surface area contributed by atoms with Crippen LogP contribution in [0.4, 0.5) is 0 Å². The number of hydrogen-bond donors (Lipinski definition) is 0. The summed E-state index contributed by atoms with van der Waals surface area (Å²) in [4.78, 5) is 9.77. The lowest BCUT2D eigenvalue weighted by molar-refractivity contribution is -0.424. The molecule has 1 fully saturated rings. The number of hydrogen-bond acceptors (Lipinski definition) is 2. The van der Waals surface area contributed by atoms with Crippen LogP contribution in [0.2, 0.25) is 0 Å². The molecule has 11 heavy (non-hydrogen) atoms. The van der Waals surface area contributed by atoms with Crippen molar-refractivity contribution in [2.75, 3.05) is 0 Å². The van der Waals surface area contributed by atoms with Gasteiger partial charge in [-0.05, 0) is 31.8 Å². The van der Waals surface area contributed by atoms with E-state index < -0.39 is 4.92 Å². The Morgan fingerprint density at radius 1 is 1.55 bits per heavy atom. The molecule has 0 bridgehead atoms. The first-order valence-corrected chi connectivity index (χ1v) is 3.24. The fourth-order valence-corrected chi connectivity index (χ4v) is 0.779. The number of rotatable bonds is 2. The van der Waals surface area contributed by atoms with Gasteiger partial charge < -0.3 is 0 Å². The minimum absolute atomic E-state index is 0.163. The standard InChI is InChI=1S/C8H8NO2/c1-7(9(10)11)6-8-4-2-3-5-8/h2-6H,1H3/b7-6+. The maximum absolute atomic E-state index is 10.2. The van der Waals surface area contributed by atoms with Crippen molar-refractivity contribution in [2.24, 2.45) is 0 Å². The predicted octanol–water partition coefficient (Wildman–Crippen LogP) is 1.57. The topological polar surface area (TPSA) is 43.1 Å². The Balaban J connectivity index is 2.49. The molecule has 0 heterocycles. The summed E-state index contributed by atoms with van der Waals surface area (Å²) >= 11 is 0. The van der Waals surface area contributed by atoms with Crippen LogP contribution in [0.5, 0.6) is 0 Å². The molecule has 3 nitrogen and oxygen atoms in total. The highest BCUT2D eigenvalue weighted by atomic mass is 16.6. The lowest BCUT2D eigenvalue weighted by Crippen LogP contribution is -1.96. The van der Waals surface area contributed by atoms with Gasteiger partial charge in [-0.2, -0.15) is 0 Å². The van der Waals surface area contributed by atoms with Crippen molar-refractivity contribution in [2.45, 2.75) is 6.92 Å². The van der Waals surface area contributed by atoms with Gasteiger partial charge in [0.25, 0.3) is 0 Å². The van der Waals surface area contributed by atoms with Crippen molar-refractivity contribution in [3.63, 3.8) is 0 Å². The third-order valence-electron chi connectivity index (χ3n) is 1.35. The van der Waals surface area contributed by atoms with Gasteiger partial charge in [-0.3, -0.25) is 10.1 Å². The highest BCUT2D eigenvalue weighted by Crippen LogP contribution is 2.25. The molecule has 57 valence electrons. The van der Waals surface area contributed by atoms with Crippen LogP contribution in [0, 0.1) is 41.7 Å². The van der Waals surface area contributed by atoms with Crippen molar-refractivity contribution in [3.05, 3.63) is 53.5 Å². The van der Waals surface area contributed by atoms with Gasteiger partial charge in [-0.15, -0.1) is 0 Å². The molecule has 0 amide bonds. The molecule has 1 aliphatic rings. The molecule has 1 rings (SSSR count). The minimum atomic E-state index is -0.396. The van der Waals surface area contributed by atoms with Gasteiger partial charge in [0.15, 0.2) is 0 Å². The lowest BCUT2D eigenvalue weighted by Gasteiger charge is -1.97. The van der Waals surface area contributed by atoms with Crippen LogP contribution in [0.15, 0.2) is 11.8 Å². The summed E-state index contributed by atoms with van der Waals surface area (Å²) in [6.07, 6.45) is 8.89. The Morgan fingerprint density at radius 2 is 2.09 bits per heavy atom. The van der Waals surface area contributed by atoms with E-state index in [1.54, 1.807) is 6.08 Å². The third-order valence-corrected chi connectivity index (χ3v) is 1.35. The summed E-state index contributed by atoms with van der Waals surface area (Å²) < 4.78 is 0. The molecule has 0 spiro atoms. The second-order valence-corrected chi connectivity index (χ2v) is 2.26. The molecule has 0 aromatic rings. The van der Waals surface area contributed by atoms with Crippen LogP contribution >= 0.6 is 0 Å². The first-order chi connectivity index (χ1) is 5.20. The highest BCUT2D eigenvalue weighted by Gasteiger charge is 2.17. The van der Waals surface area contributed by atoms with Crippen molar-refractivity contribution in [1.29, 1.82) is 0 Å². The maximum Gasteiger partial charge on any atom is 0.239 e. The van der Waals surface area contributed by atoms with E-state index in [9.17, 15) is 10.1 Å². The van der Waals surface area contributed by atoms with E-state index in [2.05, 4.69) is 0 Å². The van der Waals surface area contributed by atoms with Gasteiger partial charge in [0.2, 0.25) is 5.70 Å². The maximum atomic E-state index is 10.2. The first-order valence-electron chi connectivity index (χ1n) is 3.24. The third kappa shape index (κ3) is 2.33. The van der Waals surface area contributed by atoms with E-state index in [1.807, 2.05) is 25.7 Å². The van der Waals surface area contributed by atoms with Crippen molar-refractivity contribution in [3.8, 4) is 0 Å². The van der Waals surface area contributed by atoms with Gasteiger partial charge in [-0.25, -0.2) is 0 Å². The van der Waals surface area contributed by atoms with Gasteiger partial charge in [0.1, 0.15) is 0 Å². The summed E-state index contributed by atoms with van der Waals surface area (Å²) in [6, 6.07) is 0. The Morgan fingerprint density at radius 3 is 2.55 bits per heavy atom. The van der Waals surface area contributed by atoms with Crippen LogP contribution in [-0.2, 0) is 0 Å². The number of allylic oxidation sites excluding steroid dienone is 2. The first kappa shape index (κ1) is 8.24. The molecular weight excluding hydrogens is 142 g/mol. The highest BCUT2D eigenvalue weighted by molar-refractivity contribution is 5.42. The van der Waals surface area contributed by atoms with Gasteiger partial charge in [0.05, 0.1) is 4.92 Å². The van der Waals surface area contributed by atoms with Gasteiger partial charge >= 0.3 is 0 Å². The molecule has 1 saturated carbocycles. The summed E-state index contributed by atoms with van der Waals surface area (Å²) in [6.45, 7) is 1.48. The van der Waals surface area contributed by atoms with E-state index in [0.29, 0.717) is 0 Å². The lowest BCUT2D eigenvalue weighted by atomic mass is 10.1. The fourth-order valence-electron chi connectivity index (χ4n) is 0.779. The summed E-state index contributed by atoms with van der Waals surface area (Å²) in [5, 5.41) is 10.2. The summed E-state index contributed by atoms with van der Waals surface area (Å²) in [7, 11) is 0. The normalized spacial score (nSPS) is 20.6. The molecule has 0 N–H and O–H groups in total. The molecule has 0 unspecified atom stereocenters. The molecule has 0 atom stereocenters. The Hall–Kier alpha value is -0.860. The van der Waals surface area contributed by atoms with Crippen LogP contribution in [0.3, 0.4) is 0 Å². The molecule has 0 aliphatic heterocycles. The molecule has 0 saturated heterocycles. The largest absolute Gasteiger partial charge is 0.259 e. The Bertz CT molecular complexity index is 181. The molecule has 1 aliphatic carbocycles.